The van der Waals surface area contributed by atoms with Crippen LogP contribution in [0.5, 0.6) is 11.5 Å². The van der Waals surface area contributed by atoms with Crippen LogP contribution in [0.4, 0.5) is 5.95 Å². The molecule has 2 aliphatic rings. The largest absolute Gasteiger partial charge is 0.495 e. The minimum absolute atomic E-state index is 0.0908. The van der Waals surface area contributed by atoms with Gasteiger partial charge in [-0.1, -0.05) is 36.2 Å². The first-order chi connectivity index (χ1) is 18.3. The zero-order valence-electron chi connectivity index (χ0n) is 20.8. The number of anilines is 1. The zero-order valence-corrected chi connectivity index (χ0v) is 22.4. The van der Waals surface area contributed by atoms with Crippen LogP contribution in [0.2, 0.25) is 10.0 Å². The summed E-state index contributed by atoms with van der Waals surface area (Å²) in [7, 11) is 2.92. The summed E-state index contributed by atoms with van der Waals surface area (Å²) >= 11 is 13.1. The zero-order chi connectivity index (χ0) is 27.0. The number of rotatable bonds is 8. The molecule has 5 rings (SSSR count). The summed E-state index contributed by atoms with van der Waals surface area (Å²) in [5.74, 6) is 1.06. The lowest BCUT2D eigenvalue weighted by Gasteiger charge is -2.35. The number of H-pyrrole nitrogens is 1. The first kappa shape index (κ1) is 26.3. The molecule has 38 heavy (non-hydrogen) atoms. The van der Waals surface area contributed by atoms with Crippen molar-refractivity contribution in [2.75, 3.05) is 26.1 Å². The Morgan fingerprint density at radius 3 is 2.53 bits per heavy atom. The molecule has 1 aromatic carbocycles. The summed E-state index contributed by atoms with van der Waals surface area (Å²) in [5.41, 5.74) is 0.371. The van der Waals surface area contributed by atoms with Crippen LogP contribution < -0.4 is 25.7 Å². The van der Waals surface area contributed by atoms with Crippen LogP contribution in [-0.2, 0) is 9.53 Å². The molecule has 3 N–H and O–H groups in total. The highest BCUT2D eigenvalue weighted by molar-refractivity contribution is 6.41. The SMILES string of the molecule is C=CC(=O)N[C@H]1COC(C2CCC2)[C@H]1Nc1ncc2cc(-c3c(Cl)c(OC)cc(OC)c3Cl)c(=O)[nH]c2n1. The van der Waals surface area contributed by atoms with Gasteiger partial charge in [0.15, 0.2) is 0 Å². The molecular weight excluding hydrogens is 533 g/mol. The van der Waals surface area contributed by atoms with Crippen molar-refractivity contribution < 1.29 is 19.0 Å². The molecule has 2 aromatic heterocycles. The average Bonchev–Trinajstić information content (AvgIpc) is 3.24. The second-order valence-corrected chi connectivity index (χ2v) is 10.0. The van der Waals surface area contributed by atoms with Crippen LogP contribution in [0.25, 0.3) is 22.2 Å². The summed E-state index contributed by atoms with van der Waals surface area (Å²) in [6.07, 6.45) is 6.03. The number of carbonyl (C=O) groups is 1. The Morgan fingerprint density at radius 2 is 1.92 bits per heavy atom. The molecule has 10 nitrogen and oxygen atoms in total. The van der Waals surface area contributed by atoms with Gasteiger partial charge in [-0.2, -0.15) is 4.98 Å². The predicted molar refractivity (Wildman–Crippen MR) is 145 cm³/mol. The number of hydrogen-bond donors (Lipinski definition) is 3. The van der Waals surface area contributed by atoms with Gasteiger partial charge in [0.2, 0.25) is 11.9 Å². The molecule has 1 aliphatic carbocycles. The number of aromatic nitrogens is 3. The number of carbonyl (C=O) groups excluding carboxylic acids is 1. The summed E-state index contributed by atoms with van der Waals surface area (Å²) in [5, 5.41) is 7.18. The van der Waals surface area contributed by atoms with Gasteiger partial charge in [0, 0.05) is 23.2 Å². The number of nitrogens with one attached hydrogen (secondary N) is 3. The van der Waals surface area contributed by atoms with Crippen molar-refractivity contribution in [3.05, 3.63) is 51.4 Å². The Balaban J connectivity index is 1.49. The summed E-state index contributed by atoms with van der Waals surface area (Å²) in [4.78, 5) is 37.0. The molecule has 2 fully saturated rings. The molecular formula is C26H27Cl2N5O5. The summed E-state index contributed by atoms with van der Waals surface area (Å²) < 4.78 is 16.7. The average molecular weight is 560 g/mol. The van der Waals surface area contributed by atoms with Crippen molar-refractivity contribution in [1.29, 1.82) is 0 Å². The number of hydrogen-bond acceptors (Lipinski definition) is 8. The van der Waals surface area contributed by atoms with Crippen LogP contribution in [0.3, 0.4) is 0 Å². The van der Waals surface area contributed by atoms with E-state index in [-0.39, 0.29) is 45.3 Å². The van der Waals surface area contributed by atoms with E-state index in [9.17, 15) is 9.59 Å². The third-order valence-electron chi connectivity index (χ3n) is 7.12. The highest BCUT2D eigenvalue weighted by Gasteiger charge is 2.44. The van der Waals surface area contributed by atoms with E-state index >= 15 is 0 Å². The van der Waals surface area contributed by atoms with Gasteiger partial charge in [0.1, 0.15) is 17.1 Å². The van der Waals surface area contributed by atoms with Crippen LogP contribution in [0, 0.1) is 5.92 Å². The first-order valence-corrected chi connectivity index (χ1v) is 12.9. The van der Waals surface area contributed by atoms with Crippen molar-refractivity contribution in [3.8, 4) is 22.6 Å². The fourth-order valence-electron chi connectivity index (χ4n) is 4.92. The topological polar surface area (TPSA) is 127 Å². The van der Waals surface area contributed by atoms with E-state index in [1.807, 2.05) is 0 Å². The van der Waals surface area contributed by atoms with Crippen LogP contribution in [0.15, 0.2) is 35.8 Å². The summed E-state index contributed by atoms with van der Waals surface area (Å²) in [6.45, 7) is 3.91. The molecule has 0 radical (unpaired) electrons. The minimum atomic E-state index is -0.450. The van der Waals surface area contributed by atoms with Gasteiger partial charge in [0.25, 0.3) is 5.56 Å². The van der Waals surface area contributed by atoms with Gasteiger partial charge < -0.3 is 29.8 Å². The van der Waals surface area contributed by atoms with E-state index in [1.165, 1.54) is 20.3 Å². The molecule has 200 valence electrons. The van der Waals surface area contributed by atoms with E-state index in [0.717, 1.165) is 19.3 Å². The van der Waals surface area contributed by atoms with Crippen LogP contribution >= 0.6 is 23.2 Å². The second-order valence-electron chi connectivity index (χ2n) is 9.27. The fourth-order valence-corrected chi connectivity index (χ4v) is 5.63. The van der Waals surface area contributed by atoms with E-state index < -0.39 is 5.56 Å². The van der Waals surface area contributed by atoms with Gasteiger partial charge >= 0.3 is 0 Å². The number of halogens is 2. The maximum absolute atomic E-state index is 13.2. The number of pyridine rings is 1. The maximum atomic E-state index is 13.2. The molecule has 1 unspecified atom stereocenters. The number of amides is 1. The Hall–Kier alpha value is -3.34. The van der Waals surface area contributed by atoms with Gasteiger partial charge in [-0.25, -0.2) is 4.98 Å². The molecule has 0 bridgehead atoms. The second kappa shape index (κ2) is 10.8. The van der Waals surface area contributed by atoms with Gasteiger partial charge in [-0.3, -0.25) is 9.59 Å². The van der Waals surface area contributed by atoms with Gasteiger partial charge in [0.05, 0.1) is 54.6 Å². The monoisotopic (exact) mass is 559 g/mol. The standard InChI is InChI=1S/C26H27Cl2N5O5/c1-4-18(34)30-15-11-38-23(12-6-5-7-12)22(15)31-26-29-10-13-8-14(25(35)32-24(13)33-26)19-20(27)16(36-2)9-17(37-3)21(19)28/h4,8-10,12,15,22-23H,1,5-7,11H2,2-3H3,(H,30,34)(H2,29,31,32,33,35)/t15-,22-,23?/m0/s1. The van der Waals surface area contributed by atoms with Gasteiger partial charge in [-0.05, 0) is 30.9 Å². The molecule has 12 heteroatoms. The Labute approximate surface area is 228 Å². The molecule has 1 saturated carbocycles. The minimum Gasteiger partial charge on any atom is -0.495 e. The number of nitrogens with zero attached hydrogens (tertiary/aromatic N) is 2. The van der Waals surface area contributed by atoms with Crippen molar-refractivity contribution in [2.24, 2.45) is 5.92 Å². The molecule has 3 atom stereocenters. The third-order valence-corrected chi connectivity index (χ3v) is 7.87. The van der Waals surface area contributed by atoms with Crippen LogP contribution in [0.1, 0.15) is 19.3 Å². The summed E-state index contributed by atoms with van der Waals surface area (Å²) in [6, 6.07) is 2.65. The molecule has 1 aliphatic heterocycles. The normalized spacial score (nSPS) is 21.1. The van der Waals surface area contributed by atoms with E-state index in [0.29, 0.717) is 41.0 Å². The molecule has 3 heterocycles. The Morgan fingerprint density at radius 1 is 1.21 bits per heavy atom. The fraction of sp³-hybridized carbons (Fsp3) is 0.385. The van der Waals surface area contributed by atoms with E-state index in [4.69, 9.17) is 37.4 Å². The van der Waals surface area contributed by atoms with E-state index in [1.54, 1.807) is 18.3 Å². The van der Waals surface area contributed by atoms with Crippen molar-refractivity contribution in [3.63, 3.8) is 0 Å². The van der Waals surface area contributed by atoms with Crippen molar-refractivity contribution in [1.82, 2.24) is 20.3 Å². The smallest absolute Gasteiger partial charge is 0.257 e. The quantitative estimate of drug-likeness (QED) is 0.354. The predicted octanol–water partition coefficient (Wildman–Crippen LogP) is 3.96. The number of fused-ring (bicyclic) bond motifs is 1. The lowest BCUT2D eigenvalue weighted by atomic mass is 9.78. The van der Waals surface area contributed by atoms with E-state index in [2.05, 4.69) is 32.2 Å². The highest BCUT2D eigenvalue weighted by Crippen LogP contribution is 2.45. The molecule has 3 aromatic rings. The van der Waals surface area contributed by atoms with Crippen LogP contribution in [-0.4, -0.2) is 59.9 Å². The Bertz CT molecular complexity index is 1430. The van der Waals surface area contributed by atoms with Crippen molar-refractivity contribution in [2.45, 2.75) is 37.5 Å². The molecule has 0 spiro atoms. The van der Waals surface area contributed by atoms with Crippen molar-refractivity contribution >= 4 is 46.1 Å². The maximum Gasteiger partial charge on any atom is 0.257 e. The molecule has 1 amide bonds. The number of methoxy groups -OCH3 is 2. The molecule has 1 saturated heterocycles. The number of benzene rings is 1. The number of ether oxygens (including phenoxy) is 3. The first-order valence-electron chi connectivity index (χ1n) is 12.2. The highest BCUT2D eigenvalue weighted by atomic mass is 35.5. The Kier molecular flexibility index (Phi) is 7.47. The third kappa shape index (κ3) is 4.79. The van der Waals surface area contributed by atoms with Gasteiger partial charge in [-0.15, -0.1) is 0 Å². The lowest BCUT2D eigenvalue weighted by Crippen LogP contribution is -2.50. The number of aromatic amines is 1. The lowest BCUT2D eigenvalue weighted by molar-refractivity contribution is -0.117.